The number of nitrogens with zero attached hydrogens (tertiary/aromatic N) is 3. The summed E-state index contributed by atoms with van der Waals surface area (Å²) in [5, 5.41) is 0.970. The minimum atomic E-state index is -0.0223. The van der Waals surface area contributed by atoms with E-state index in [-0.39, 0.29) is 30.6 Å². The third-order valence-corrected chi connectivity index (χ3v) is 9.72. The van der Waals surface area contributed by atoms with E-state index < -0.39 is 0 Å². The molecule has 7 nitrogen and oxygen atoms in total. The molecule has 0 aromatic heterocycles. The fourth-order valence-corrected chi connectivity index (χ4v) is 7.63. The molecule has 3 atom stereocenters. The molecule has 3 aliphatic heterocycles. The molecule has 3 heterocycles. The van der Waals surface area contributed by atoms with Crippen molar-refractivity contribution in [1.82, 2.24) is 14.7 Å². The highest BCUT2D eigenvalue weighted by Crippen LogP contribution is 2.43. The minimum absolute atomic E-state index is 0.0223. The summed E-state index contributed by atoms with van der Waals surface area (Å²) in [6.45, 7) is 4.30. The lowest BCUT2D eigenvalue weighted by molar-refractivity contribution is -0.140. The van der Waals surface area contributed by atoms with Crippen LogP contribution >= 0.6 is 23.4 Å². The Bertz CT molecular complexity index is 1260. The molecule has 0 bridgehead atoms. The van der Waals surface area contributed by atoms with E-state index >= 15 is 0 Å². The second-order valence-electron chi connectivity index (χ2n) is 10.5. The number of carbonyl (C=O) groups excluding carboxylic acids is 2. The molecule has 9 heteroatoms. The minimum Gasteiger partial charge on any atom is -0.454 e. The monoisotopic (exact) mass is 553 g/mol. The standard InChI is InChI=1S/C29H32ClN3O4S/c1-31-23-16-21(6-8-26(23)38-27(29(31)35)15-19-3-2-4-22(30)13-19)28(34)33-11-9-32(10-12-33)17-20-5-7-24-25(14-20)37-18-36-24/h2-5,7,13-15,21,23,26H,6,8-12,16-18H2,1H3/b27-15+. The number of thioether (sulfide) groups is 1. The normalized spacial score (nSPS) is 26.5. The number of carbonyl (C=O) groups is 2. The molecule has 1 aliphatic carbocycles. The van der Waals surface area contributed by atoms with Crippen LogP contribution in [0.3, 0.4) is 0 Å². The molecule has 0 radical (unpaired) electrons. The van der Waals surface area contributed by atoms with Gasteiger partial charge in [0.1, 0.15) is 0 Å². The Morgan fingerprint density at radius 1 is 1.08 bits per heavy atom. The van der Waals surface area contributed by atoms with Crippen molar-refractivity contribution >= 4 is 41.3 Å². The zero-order valence-electron chi connectivity index (χ0n) is 21.5. The summed E-state index contributed by atoms with van der Waals surface area (Å²) in [5.41, 5.74) is 2.13. The Labute approximate surface area is 232 Å². The van der Waals surface area contributed by atoms with Crippen molar-refractivity contribution in [2.75, 3.05) is 40.0 Å². The molecule has 6 rings (SSSR count). The fraction of sp³-hybridized carbons (Fsp3) is 0.448. The molecule has 0 N–H and O–H groups in total. The molecular formula is C29H32ClN3O4S. The molecule has 2 aromatic carbocycles. The van der Waals surface area contributed by atoms with Gasteiger partial charge in [0.15, 0.2) is 11.5 Å². The number of likely N-dealkylation sites (N-methyl/N-ethyl adjacent to an activating group) is 1. The van der Waals surface area contributed by atoms with Crippen molar-refractivity contribution in [2.45, 2.75) is 37.1 Å². The van der Waals surface area contributed by atoms with Crippen LogP contribution in [0.25, 0.3) is 6.08 Å². The molecule has 38 heavy (non-hydrogen) atoms. The third-order valence-electron chi connectivity index (χ3n) is 8.08. The predicted molar refractivity (Wildman–Crippen MR) is 149 cm³/mol. The summed E-state index contributed by atoms with van der Waals surface area (Å²) in [5.74, 6) is 1.86. The van der Waals surface area contributed by atoms with Gasteiger partial charge in [0.2, 0.25) is 12.7 Å². The van der Waals surface area contributed by atoms with E-state index in [1.807, 2.05) is 59.3 Å². The summed E-state index contributed by atoms with van der Waals surface area (Å²) in [6.07, 6.45) is 4.48. The van der Waals surface area contributed by atoms with Crippen LogP contribution in [0.4, 0.5) is 0 Å². The number of benzene rings is 2. The lowest BCUT2D eigenvalue weighted by atomic mass is 9.83. The van der Waals surface area contributed by atoms with E-state index in [0.29, 0.717) is 10.3 Å². The van der Waals surface area contributed by atoms with Crippen LogP contribution in [0.15, 0.2) is 47.4 Å². The van der Waals surface area contributed by atoms with Gasteiger partial charge in [0, 0.05) is 62.0 Å². The highest BCUT2D eigenvalue weighted by molar-refractivity contribution is 8.04. The smallest absolute Gasteiger partial charge is 0.260 e. The van der Waals surface area contributed by atoms with E-state index in [1.165, 1.54) is 5.56 Å². The first-order chi connectivity index (χ1) is 18.4. The molecule has 2 aromatic rings. The van der Waals surface area contributed by atoms with Crippen LogP contribution < -0.4 is 9.47 Å². The van der Waals surface area contributed by atoms with Gasteiger partial charge in [-0.25, -0.2) is 0 Å². The Morgan fingerprint density at radius 2 is 1.89 bits per heavy atom. The van der Waals surface area contributed by atoms with Crippen LogP contribution in [0.2, 0.25) is 5.02 Å². The molecule has 2 amide bonds. The van der Waals surface area contributed by atoms with Gasteiger partial charge in [-0.3, -0.25) is 14.5 Å². The third kappa shape index (κ3) is 5.26. The maximum Gasteiger partial charge on any atom is 0.260 e. The number of hydrogen-bond acceptors (Lipinski definition) is 6. The maximum atomic E-state index is 13.5. The average molecular weight is 554 g/mol. The van der Waals surface area contributed by atoms with Crippen LogP contribution in [0.1, 0.15) is 30.4 Å². The van der Waals surface area contributed by atoms with Crippen molar-refractivity contribution in [3.05, 3.63) is 63.5 Å². The first-order valence-electron chi connectivity index (χ1n) is 13.3. The van der Waals surface area contributed by atoms with Crippen LogP contribution in [0, 0.1) is 5.92 Å². The van der Waals surface area contributed by atoms with Crippen LogP contribution in [-0.4, -0.2) is 77.8 Å². The first-order valence-corrected chi connectivity index (χ1v) is 14.5. The molecule has 1 saturated carbocycles. The number of hydrogen-bond donors (Lipinski definition) is 0. The van der Waals surface area contributed by atoms with E-state index in [2.05, 4.69) is 11.0 Å². The molecule has 2 saturated heterocycles. The lowest BCUT2D eigenvalue weighted by Gasteiger charge is -2.45. The summed E-state index contributed by atoms with van der Waals surface area (Å²) in [6, 6.07) is 13.7. The number of halogens is 1. The van der Waals surface area contributed by atoms with Crippen LogP contribution in [0.5, 0.6) is 11.5 Å². The SMILES string of the molecule is CN1C(=O)/C(=C\c2cccc(Cl)c2)SC2CCC(C(=O)N3CCN(Cc4ccc5c(c4)OCO5)CC3)CC21. The van der Waals surface area contributed by atoms with Gasteiger partial charge in [0.25, 0.3) is 5.91 Å². The Morgan fingerprint density at radius 3 is 2.71 bits per heavy atom. The van der Waals surface area contributed by atoms with Gasteiger partial charge < -0.3 is 19.3 Å². The fourth-order valence-electron chi connectivity index (χ4n) is 5.95. The van der Waals surface area contributed by atoms with Crippen LogP contribution in [-0.2, 0) is 16.1 Å². The second kappa shape index (κ2) is 10.8. The van der Waals surface area contributed by atoms with Gasteiger partial charge in [-0.05, 0) is 60.7 Å². The number of amides is 2. The maximum absolute atomic E-state index is 13.5. The quantitative estimate of drug-likeness (QED) is 0.520. The molecule has 200 valence electrons. The van der Waals surface area contributed by atoms with Gasteiger partial charge in [-0.1, -0.05) is 29.8 Å². The summed E-state index contributed by atoms with van der Waals surface area (Å²) >= 11 is 7.80. The highest BCUT2D eigenvalue weighted by Gasteiger charge is 2.43. The largest absolute Gasteiger partial charge is 0.454 e. The summed E-state index contributed by atoms with van der Waals surface area (Å²) in [4.78, 5) is 33.7. The zero-order valence-corrected chi connectivity index (χ0v) is 23.0. The highest BCUT2D eigenvalue weighted by atomic mass is 35.5. The Balaban J connectivity index is 1.03. The Hall–Kier alpha value is -2.68. The summed E-state index contributed by atoms with van der Waals surface area (Å²) < 4.78 is 10.9. The van der Waals surface area contributed by atoms with Crippen molar-refractivity contribution in [2.24, 2.45) is 5.92 Å². The molecule has 3 fully saturated rings. The first kappa shape index (κ1) is 25.6. The van der Waals surface area contributed by atoms with Crippen molar-refractivity contribution < 1.29 is 19.1 Å². The Kier molecular flexibility index (Phi) is 7.29. The van der Waals surface area contributed by atoms with E-state index in [0.717, 1.165) is 74.0 Å². The number of rotatable bonds is 4. The topological polar surface area (TPSA) is 62.3 Å². The second-order valence-corrected chi connectivity index (χ2v) is 12.2. The molecule has 3 unspecified atom stereocenters. The van der Waals surface area contributed by atoms with Crippen molar-refractivity contribution in [3.8, 4) is 11.5 Å². The number of fused-ring (bicyclic) bond motifs is 2. The van der Waals surface area contributed by atoms with Gasteiger partial charge >= 0.3 is 0 Å². The van der Waals surface area contributed by atoms with Gasteiger partial charge in [-0.15, -0.1) is 11.8 Å². The van der Waals surface area contributed by atoms with E-state index in [9.17, 15) is 9.59 Å². The molecule has 4 aliphatic rings. The van der Waals surface area contributed by atoms with Gasteiger partial charge in [0.05, 0.1) is 4.91 Å². The zero-order chi connectivity index (χ0) is 26.2. The average Bonchev–Trinajstić information content (AvgIpc) is 3.40. The predicted octanol–water partition coefficient (Wildman–Crippen LogP) is 4.50. The lowest BCUT2D eigenvalue weighted by Crippen LogP contribution is -2.54. The molecular weight excluding hydrogens is 522 g/mol. The van der Waals surface area contributed by atoms with Crippen molar-refractivity contribution in [1.29, 1.82) is 0 Å². The molecule has 0 spiro atoms. The number of piperazine rings is 1. The van der Waals surface area contributed by atoms with E-state index in [4.69, 9.17) is 21.1 Å². The van der Waals surface area contributed by atoms with Crippen molar-refractivity contribution in [3.63, 3.8) is 0 Å². The van der Waals surface area contributed by atoms with Gasteiger partial charge in [-0.2, -0.15) is 0 Å². The number of ether oxygens (including phenoxy) is 2. The summed E-state index contributed by atoms with van der Waals surface area (Å²) in [7, 11) is 1.88. The van der Waals surface area contributed by atoms with E-state index in [1.54, 1.807) is 11.8 Å².